The molecule has 0 aliphatic heterocycles. The molecule has 0 spiro atoms. The molecule has 0 saturated heterocycles. The summed E-state index contributed by atoms with van der Waals surface area (Å²) in [5.41, 5.74) is 0.976. The van der Waals surface area contributed by atoms with Crippen LogP contribution in [0.15, 0.2) is 33.9 Å². The van der Waals surface area contributed by atoms with Gasteiger partial charge >= 0.3 is 5.97 Å². The number of aryl methyl sites for hydroxylation is 1. The Morgan fingerprint density at radius 2 is 2.07 bits per heavy atom. The van der Waals surface area contributed by atoms with Crippen molar-refractivity contribution in [2.45, 2.75) is 37.6 Å². The maximum absolute atomic E-state index is 12.3. The van der Waals surface area contributed by atoms with Crippen molar-refractivity contribution in [2.24, 2.45) is 0 Å². The lowest BCUT2D eigenvalue weighted by Crippen LogP contribution is -2.41. The van der Waals surface area contributed by atoms with Gasteiger partial charge in [0.05, 0.1) is 17.8 Å². The Hall–Kier alpha value is -2.88. The summed E-state index contributed by atoms with van der Waals surface area (Å²) in [6.45, 7) is 4.75. The van der Waals surface area contributed by atoms with Crippen LogP contribution in [0.4, 0.5) is 0 Å². The lowest BCUT2D eigenvalue weighted by Gasteiger charge is -2.10. The monoisotopic (exact) mass is 406 g/mol. The molecule has 2 heterocycles. The predicted molar refractivity (Wildman–Crippen MR) is 102 cm³/mol. The number of rotatable bonds is 9. The zero-order chi connectivity index (χ0) is 20.5. The summed E-state index contributed by atoms with van der Waals surface area (Å²) in [5.74, 6) is -0.384. The fourth-order valence-electron chi connectivity index (χ4n) is 2.10. The minimum atomic E-state index is -0.672. The van der Waals surface area contributed by atoms with Gasteiger partial charge in [0.1, 0.15) is 10.8 Å². The highest BCUT2D eigenvalue weighted by molar-refractivity contribution is 7.98. The molecule has 0 aliphatic rings. The van der Waals surface area contributed by atoms with Crippen LogP contribution >= 0.6 is 11.8 Å². The van der Waals surface area contributed by atoms with E-state index in [0.29, 0.717) is 16.5 Å². The second-order valence-corrected chi connectivity index (χ2v) is 7.11. The number of carbonyl (C=O) groups excluding carboxylic acids is 3. The number of pyridine rings is 1. The molecular weight excluding hydrogens is 384 g/mol. The maximum Gasteiger partial charge on any atom is 0.341 e. The molecule has 2 N–H and O–H groups in total. The van der Waals surface area contributed by atoms with Crippen LogP contribution in [-0.4, -0.2) is 47.1 Å². The van der Waals surface area contributed by atoms with E-state index in [1.165, 1.54) is 11.8 Å². The van der Waals surface area contributed by atoms with E-state index < -0.39 is 18.5 Å². The molecule has 2 aromatic heterocycles. The summed E-state index contributed by atoms with van der Waals surface area (Å²) >= 11 is 1.31. The van der Waals surface area contributed by atoms with Gasteiger partial charge in [-0.25, -0.2) is 9.78 Å². The third-order valence-electron chi connectivity index (χ3n) is 3.25. The standard InChI is InChI=1S/C18H22N4O5S/c1-11(2)21-15(23)8-20-16(24)9-26-18(25)14-5-4-6-19-17(14)28-10-13-7-12(3)27-22-13/h4-7,11H,8-10H2,1-3H3,(H,20,24)(H,21,23). The normalized spacial score (nSPS) is 10.6. The smallest absolute Gasteiger partial charge is 0.341 e. The van der Waals surface area contributed by atoms with Crippen LogP contribution in [0.3, 0.4) is 0 Å². The van der Waals surface area contributed by atoms with Gasteiger partial charge in [-0.3, -0.25) is 9.59 Å². The van der Waals surface area contributed by atoms with E-state index in [-0.39, 0.29) is 24.1 Å². The lowest BCUT2D eigenvalue weighted by atomic mass is 10.3. The third-order valence-corrected chi connectivity index (χ3v) is 4.29. The van der Waals surface area contributed by atoms with E-state index in [4.69, 9.17) is 9.26 Å². The lowest BCUT2D eigenvalue weighted by molar-refractivity contribution is -0.128. The number of esters is 1. The fraction of sp³-hybridized carbons (Fsp3) is 0.389. The van der Waals surface area contributed by atoms with Crippen LogP contribution in [0.5, 0.6) is 0 Å². The Morgan fingerprint density at radius 3 is 2.75 bits per heavy atom. The first-order valence-electron chi connectivity index (χ1n) is 8.58. The molecule has 2 aromatic rings. The first-order valence-corrected chi connectivity index (χ1v) is 9.57. The molecule has 9 nitrogen and oxygen atoms in total. The Bertz CT molecular complexity index is 837. The molecule has 0 unspecified atom stereocenters. The largest absolute Gasteiger partial charge is 0.452 e. The fourth-order valence-corrected chi connectivity index (χ4v) is 2.96. The first-order chi connectivity index (χ1) is 13.3. The van der Waals surface area contributed by atoms with E-state index in [9.17, 15) is 14.4 Å². The van der Waals surface area contributed by atoms with Crippen molar-refractivity contribution in [3.63, 3.8) is 0 Å². The van der Waals surface area contributed by atoms with Crippen LogP contribution < -0.4 is 10.6 Å². The summed E-state index contributed by atoms with van der Waals surface area (Å²) in [4.78, 5) is 39.7. The van der Waals surface area contributed by atoms with Crippen LogP contribution in [0.1, 0.15) is 35.7 Å². The van der Waals surface area contributed by atoms with Gasteiger partial charge in [-0.2, -0.15) is 0 Å². The van der Waals surface area contributed by atoms with Gasteiger partial charge in [0.2, 0.25) is 5.91 Å². The van der Waals surface area contributed by atoms with Gasteiger partial charge in [-0.15, -0.1) is 0 Å². The second kappa shape index (κ2) is 10.5. The molecule has 0 aliphatic carbocycles. The molecule has 2 amide bonds. The van der Waals surface area contributed by atoms with Gasteiger partial charge in [0.15, 0.2) is 6.61 Å². The Morgan fingerprint density at radius 1 is 1.29 bits per heavy atom. The van der Waals surface area contributed by atoms with Gasteiger partial charge in [0, 0.05) is 24.1 Å². The van der Waals surface area contributed by atoms with E-state index in [1.807, 2.05) is 13.8 Å². The van der Waals surface area contributed by atoms with Gasteiger partial charge in [-0.05, 0) is 32.9 Å². The molecule has 0 aromatic carbocycles. The minimum absolute atomic E-state index is 0.0232. The van der Waals surface area contributed by atoms with Crippen LogP contribution in [0, 0.1) is 6.92 Å². The molecule has 28 heavy (non-hydrogen) atoms. The zero-order valence-electron chi connectivity index (χ0n) is 15.9. The highest BCUT2D eigenvalue weighted by Gasteiger charge is 2.17. The van der Waals surface area contributed by atoms with E-state index in [2.05, 4.69) is 20.8 Å². The van der Waals surface area contributed by atoms with Crippen LogP contribution in [0.25, 0.3) is 0 Å². The molecule has 0 saturated carbocycles. The molecule has 10 heteroatoms. The first kappa shape index (κ1) is 21.4. The average Bonchev–Trinajstić information content (AvgIpc) is 3.07. The molecule has 0 radical (unpaired) electrons. The van der Waals surface area contributed by atoms with Crippen molar-refractivity contribution in [1.29, 1.82) is 0 Å². The molecule has 0 bridgehead atoms. The molecular formula is C18H22N4O5S. The number of thioether (sulfide) groups is 1. The molecule has 150 valence electrons. The van der Waals surface area contributed by atoms with Crippen molar-refractivity contribution in [1.82, 2.24) is 20.8 Å². The van der Waals surface area contributed by atoms with Crippen molar-refractivity contribution in [2.75, 3.05) is 13.2 Å². The predicted octanol–water partition coefficient (Wildman–Crippen LogP) is 1.47. The summed E-state index contributed by atoms with van der Waals surface area (Å²) < 4.78 is 10.0. The average molecular weight is 406 g/mol. The highest BCUT2D eigenvalue weighted by Crippen LogP contribution is 2.24. The molecule has 0 fully saturated rings. The summed E-state index contributed by atoms with van der Waals surface area (Å²) in [5, 5.41) is 9.39. The highest BCUT2D eigenvalue weighted by atomic mass is 32.2. The number of nitrogens with zero attached hydrogens (tertiary/aromatic N) is 2. The van der Waals surface area contributed by atoms with Gasteiger partial charge < -0.3 is 19.9 Å². The van der Waals surface area contributed by atoms with Crippen molar-refractivity contribution >= 4 is 29.5 Å². The number of nitrogens with one attached hydrogen (secondary N) is 2. The van der Waals surface area contributed by atoms with Gasteiger partial charge in [0.25, 0.3) is 5.91 Å². The minimum Gasteiger partial charge on any atom is -0.452 e. The van der Waals surface area contributed by atoms with Crippen molar-refractivity contribution in [3.8, 4) is 0 Å². The summed E-state index contributed by atoms with van der Waals surface area (Å²) in [6, 6.07) is 4.95. The van der Waals surface area contributed by atoms with Crippen LogP contribution in [0.2, 0.25) is 0 Å². The van der Waals surface area contributed by atoms with E-state index in [0.717, 1.165) is 5.69 Å². The quantitative estimate of drug-likeness (QED) is 0.474. The van der Waals surface area contributed by atoms with E-state index >= 15 is 0 Å². The molecule has 2 rings (SSSR count). The number of hydrogen-bond acceptors (Lipinski definition) is 8. The SMILES string of the molecule is Cc1cc(CSc2ncccc2C(=O)OCC(=O)NCC(=O)NC(C)C)no1. The number of amides is 2. The number of hydrogen-bond donors (Lipinski definition) is 2. The maximum atomic E-state index is 12.3. The Balaban J connectivity index is 1.85. The van der Waals surface area contributed by atoms with Crippen molar-refractivity contribution in [3.05, 3.63) is 41.4 Å². The topological polar surface area (TPSA) is 123 Å². The number of carbonyl (C=O) groups is 3. The number of ether oxygens (including phenoxy) is 1. The van der Waals surface area contributed by atoms with Gasteiger partial charge in [-0.1, -0.05) is 16.9 Å². The Labute approximate surface area is 166 Å². The van der Waals surface area contributed by atoms with E-state index in [1.54, 1.807) is 31.3 Å². The number of aromatic nitrogens is 2. The third kappa shape index (κ3) is 7.03. The van der Waals surface area contributed by atoms with Crippen molar-refractivity contribution < 1.29 is 23.6 Å². The Kier molecular flexibility index (Phi) is 8.00. The summed E-state index contributed by atoms with van der Waals surface area (Å²) in [7, 11) is 0. The molecule has 0 atom stereocenters. The second-order valence-electron chi connectivity index (χ2n) is 6.15. The zero-order valence-corrected chi connectivity index (χ0v) is 16.7. The van der Waals surface area contributed by atoms with Crippen LogP contribution in [-0.2, 0) is 20.1 Å². The summed E-state index contributed by atoms with van der Waals surface area (Å²) in [6.07, 6.45) is 1.56.